The van der Waals surface area contributed by atoms with Crippen molar-refractivity contribution in [2.75, 3.05) is 5.73 Å². The maximum Gasteiger partial charge on any atom is 0.145 e. The number of anilines is 1. The van der Waals surface area contributed by atoms with E-state index < -0.39 is 0 Å². The Morgan fingerprint density at radius 1 is 0.923 bits per heavy atom. The number of fused-ring (bicyclic) bond motifs is 1. The molecule has 130 valence electrons. The third-order valence-electron chi connectivity index (χ3n) is 4.07. The molecule has 0 aliphatic heterocycles. The lowest BCUT2D eigenvalue weighted by molar-refractivity contribution is 0.0664. The molecule has 0 aliphatic carbocycles. The van der Waals surface area contributed by atoms with Crippen LogP contribution in [0.25, 0.3) is 11.0 Å². The fraction of sp³-hybridized carbons (Fsp3) is 0.0952. The van der Waals surface area contributed by atoms with Crippen molar-refractivity contribution in [3.05, 3.63) is 84.7 Å². The van der Waals surface area contributed by atoms with Gasteiger partial charge in [-0.2, -0.15) is 0 Å². The summed E-state index contributed by atoms with van der Waals surface area (Å²) >= 11 is 0. The molecule has 0 spiro atoms. The molecule has 4 aromatic rings. The fourth-order valence-electron chi connectivity index (χ4n) is 2.76. The van der Waals surface area contributed by atoms with Crippen LogP contribution in [0, 0.1) is 0 Å². The number of nitrogen functional groups attached to an aromatic ring is 1. The summed E-state index contributed by atoms with van der Waals surface area (Å²) in [6.07, 6.45) is 3.70. The van der Waals surface area contributed by atoms with E-state index in [2.05, 4.69) is 4.98 Å². The maximum absolute atomic E-state index is 5.98. The second-order valence-corrected chi connectivity index (χ2v) is 5.97. The van der Waals surface area contributed by atoms with Crippen LogP contribution in [0.4, 0.5) is 5.69 Å². The Hall–Kier alpha value is -3.31. The average Bonchev–Trinajstić information content (AvgIpc) is 3.09. The van der Waals surface area contributed by atoms with Crippen LogP contribution in [0.5, 0.6) is 11.5 Å². The molecule has 0 saturated heterocycles. The van der Waals surface area contributed by atoms with Gasteiger partial charge in [-0.15, -0.1) is 0 Å². The molecular formula is C21H19N3O2. The van der Waals surface area contributed by atoms with E-state index >= 15 is 0 Å². The van der Waals surface area contributed by atoms with Gasteiger partial charge in [0.25, 0.3) is 0 Å². The zero-order chi connectivity index (χ0) is 17.8. The number of aromatic nitrogens is 2. The van der Waals surface area contributed by atoms with Gasteiger partial charge < -0.3 is 19.8 Å². The van der Waals surface area contributed by atoms with E-state index in [1.54, 1.807) is 6.20 Å². The molecule has 2 N–H and O–H groups in total. The summed E-state index contributed by atoms with van der Waals surface area (Å²) in [6, 6.07) is 21.3. The van der Waals surface area contributed by atoms with Crippen LogP contribution in [0.15, 0.2) is 79.1 Å². The molecule has 0 aliphatic rings. The van der Waals surface area contributed by atoms with Crippen molar-refractivity contribution < 1.29 is 9.47 Å². The molecule has 26 heavy (non-hydrogen) atoms. The zero-order valence-corrected chi connectivity index (χ0v) is 14.2. The van der Waals surface area contributed by atoms with Crippen LogP contribution in [0.1, 0.15) is 5.56 Å². The number of hydrogen-bond donors (Lipinski definition) is 1. The number of benzene rings is 2. The Morgan fingerprint density at radius 2 is 1.73 bits per heavy atom. The average molecular weight is 345 g/mol. The predicted molar refractivity (Wildman–Crippen MR) is 102 cm³/mol. The molecular weight excluding hydrogens is 326 g/mol. The first kappa shape index (κ1) is 16.2. The lowest BCUT2D eigenvalue weighted by Gasteiger charge is -2.09. The fourth-order valence-corrected chi connectivity index (χ4v) is 2.76. The molecule has 0 amide bonds. The number of nitrogens with two attached hydrogens (primary N) is 1. The van der Waals surface area contributed by atoms with Gasteiger partial charge >= 0.3 is 0 Å². The highest BCUT2D eigenvalue weighted by Gasteiger charge is 2.09. The number of nitrogens with zero attached hydrogens (tertiary/aromatic N) is 2. The molecule has 0 bridgehead atoms. The monoisotopic (exact) mass is 345 g/mol. The van der Waals surface area contributed by atoms with Gasteiger partial charge in [0.1, 0.15) is 23.9 Å². The van der Waals surface area contributed by atoms with Crippen LogP contribution in [-0.2, 0) is 18.1 Å². The van der Waals surface area contributed by atoms with E-state index in [4.69, 9.17) is 15.2 Å². The van der Waals surface area contributed by atoms with Crippen LogP contribution in [0.2, 0.25) is 0 Å². The SMILES string of the molecule is Nc1ccc(Oc2ccnc3c2ccn3COCc2ccccc2)cc1. The molecule has 0 fully saturated rings. The third kappa shape index (κ3) is 3.53. The molecule has 0 saturated carbocycles. The van der Waals surface area contributed by atoms with E-state index in [1.165, 1.54) is 0 Å². The standard InChI is InChI=1S/C21H19N3O2/c22-17-6-8-18(9-7-17)26-20-10-12-23-21-19(20)11-13-24(21)15-25-14-16-4-2-1-3-5-16/h1-13H,14-15,22H2. The van der Waals surface area contributed by atoms with Gasteiger partial charge in [-0.3, -0.25) is 0 Å². The smallest absolute Gasteiger partial charge is 0.145 e. The highest BCUT2D eigenvalue weighted by atomic mass is 16.5. The second kappa shape index (κ2) is 7.29. The lowest BCUT2D eigenvalue weighted by Crippen LogP contribution is -2.02. The van der Waals surface area contributed by atoms with E-state index in [0.29, 0.717) is 19.0 Å². The van der Waals surface area contributed by atoms with Gasteiger partial charge in [0.05, 0.1) is 12.0 Å². The third-order valence-corrected chi connectivity index (χ3v) is 4.07. The second-order valence-electron chi connectivity index (χ2n) is 5.97. The van der Waals surface area contributed by atoms with Gasteiger partial charge in [0, 0.05) is 18.1 Å². The summed E-state index contributed by atoms with van der Waals surface area (Å²) in [4.78, 5) is 4.47. The number of rotatable bonds is 6. The van der Waals surface area contributed by atoms with Gasteiger partial charge in [-0.1, -0.05) is 30.3 Å². The Morgan fingerprint density at radius 3 is 2.54 bits per heavy atom. The molecule has 5 heteroatoms. The van der Waals surface area contributed by atoms with E-state index in [9.17, 15) is 0 Å². The topological polar surface area (TPSA) is 62.3 Å². The van der Waals surface area contributed by atoms with Crippen LogP contribution in [-0.4, -0.2) is 9.55 Å². The quantitative estimate of drug-likeness (QED) is 0.519. The molecule has 4 rings (SSSR count). The van der Waals surface area contributed by atoms with Crippen molar-refractivity contribution >= 4 is 16.7 Å². The van der Waals surface area contributed by atoms with Gasteiger partial charge in [0.2, 0.25) is 0 Å². The molecule has 0 unspecified atom stereocenters. The minimum atomic E-state index is 0.427. The highest BCUT2D eigenvalue weighted by molar-refractivity contribution is 5.83. The Balaban J connectivity index is 1.50. The molecule has 2 aromatic carbocycles. The van der Waals surface area contributed by atoms with E-state index in [1.807, 2.05) is 77.5 Å². The van der Waals surface area contributed by atoms with E-state index in [0.717, 1.165) is 28.1 Å². The maximum atomic E-state index is 5.98. The van der Waals surface area contributed by atoms with Crippen molar-refractivity contribution in [2.24, 2.45) is 0 Å². The summed E-state index contributed by atoms with van der Waals surface area (Å²) in [5.41, 5.74) is 8.39. The van der Waals surface area contributed by atoms with Crippen LogP contribution in [0.3, 0.4) is 0 Å². The summed E-state index contributed by atoms with van der Waals surface area (Å²) in [6.45, 7) is 0.985. The zero-order valence-electron chi connectivity index (χ0n) is 14.2. The minimum absolute atomic E-state index is 0.427. The number of ether oxygens (including phenoxy) is 2. The summed E-state index contributed by atoms with van der Waals surface area (Å²) in [7, 11) is 0. The van der Waals surface area contributed by atoms with Crippen molar-refractivity contribution in [1.82, 2.24) is 9.55 Å². The van der Waals surface area contributed by atoms with Crippen LogP contribution < -0.4 is 10.5 Å². The lowest BCUT2D eigenvalue weighted by atomic mass is 10.2. The molecule has 5 nitrogen and oxygen atoms in total. The minimum Gasteiger partial charge on any atom is -0.457 e. The normalized spacial score (nSPS) is 10.9. The first-order chi connectivity index (χ1) is 12.8. The molecule has 2 heterocycles. The largest absolute Gasteiger partial charge is 0.457 e. The van der Waals surface area contributed by atoms with Crippen molar-refractivity contribution in [1.29, 1.82) is 0 Å². The Labute approximate surface area is 151 Å². The van der Waals surface area contributed by atoms with Crippen molar-refractivity contribution in [3.63, 3.8) is 0 Å². The van der Waals surface area contributed by atoms with E-state index in [-0.39, 0.29) is 0 Å². The Bertz CT molecular complexity index is 995. The highest BCUT2D eigenvalue weighted by Crippen LogP contribution is 2.29. The first-order valence-electron chi connectivity index (χ1n) is 8.38. The van der Waals surface area contributed by atoms with Crippen molar-refractivity contribution in [2.45, 2.75) is 13.3 Å². The van der Waals surface area contributed by atoms with Crippen LogP contribution >= 0.6 is 0 Å². The first-order valence-corrected chi connectivity index (χ1v) is 8.38. The number of pyridine rings is 1. The Kier molecular flexibility index (Phi) is 4.53. The number of hydrogen-bond acceptors (Lipinski definition) is 4. The summed E-state index contributed by atoms with van der Waals surface area (Å²) in [5, 5.41) is 0.938. The van der Waals surface area contributed by atoms with Gasteiger partial charge in [-0.25, -0.2) is 4.98 Å². The summed E-state index contributed by atoms with van der Waals surface area (Å²) in [5.74, 6) is 1.49. The molecule has 0 radical (unpaired) electrons. The summed E-state index contributed by atoms with van der Waals surface area (Å²) < 4.78 is 13.8. The van der Waals surface area contributed by atoms with Crippen molar-refractivity contribution in [3.8, 4) is 11.5 Å². The van der Waals surface area contributed by atoms with Gasteiger partial charge in [-0.05, 0) is 42.0 Å². The molecule has 0 atom stereocenters. The van der Waals surface area contributed by atoms with Gasteiger partial charge in [0.15, 0.2) is 0 Å². The predicted octanol–water partition coefficient (Wildman–Crippen LogP) is 4.59. The molecule has 2 aromatic heterocycles.